The van der Waals surface area contributed by atoms with Crippen LogP contribution in [0, 0.1) is 0 Å². The van der Waals surface area contributed by atoms with Gasteiger partial charge in [0.1, 0.15) is 10.7 Å². The number of nitrogens with zero attached hydrogens (tertiary/aromatic N) is 5. The zero-order valence-corrected chi connectivity index (χ0v) is 17.5. The van der Waals surface area contributed by atoms with Crippen LogP contribution in [-0.4, -0.2) is 31.2 Å². The zero-order chi connectivity index (χ0) is 21.6. The van der Waals surface area contributed by atoms with Gasteiger partial charge in [-0.2, -0.15) is 5.10 Å². The first-order valence-corrected chi connectivity index (χ1v) is 9.96. The van der Waals surface area contributed by atoms with Gasteiger partial charge in [0, 0.05) is 24.9 Å². The molecule has 0 unspecified atom stereocenters. The molecule has 0 bridgehead atoms. The third kappa shape index (κ3) is 3.47. The minimum Gasteiger partial charge on any atom is -0.360 e. The molecule has 1 N–H and O–H groups in total. The summed E-state index contributed by atoms with van der Waals surface area (Å²) in [5, 5.41) is 14.8. The number of halogens is 3. The van der Waals surface area contributed by atoms with Crippen LogP contribution in [0.1, 0.15) is 49.3 Å². The number of benzene rings is 1. The van der Waals surface area contributed by atoms with Crippen LogP contribution in [0.4, 0.5) is 14.5 Å². The Morgan fingerprint density at radius 3 is 2.80 bits per heavy atom. The normalized spacial score (nSPS) is 17.7. The molecule has 3 aromatic rings. The fourth-order valence-electron chi connectivity index (χ4n) is 3.99. The Morgan fingerprint density at radius 2 is 2.07 bits per heavy atom. The molecule has 10 heteroatoms. The van der Waals surface area contributed by atoms with E-state index in [9.17, 15) is 13.6 Å². The molecule has 0 aliphatic carbocycles. The summed E-state index contributed by atoms with van der Waals surface area (Å²) in [5.74, 6) is -2.96. The van der Waals surface area contributed by atoms with Crippen molar-refractivity contribution in [2.45, 2.75) is 51.7 Å². The molecule has 158 valence electrons. The molecule has 0 radical (unpaired) electrons. The summed E-state index contributed by atoms with van der Waals surface area (Å²) >= 11 is 6.18. The van der Waals surface area contributed by atoms with Crippen molar-refractivity contribution in [3.63, 3.8) is 0 Å². The van der Waals surface area contributed by atoms with Gasteiger partial charge in [0.2, 0.25) is 0 Å². The lowest BCUT2D eigenvalue weighted by molar-refractivity contribution is 0.0160. The van der Waals surface area contributed by atoms with E-state index in [1.807, 2.05) is 18.7 Å². The predicted octanol–water partition coefficient (Wildman–Crippen LogP) is 3.69. The number of H-pyrrole nitrogens is 1. The van der Waals surface area contributed by atoms with Crippen molar-refractivity contribution in [1.82, 2.24) is 25.2 Å². The minimum atomic E-state index is -2.96. The van der Waals surface area contributed by atoms with E-state index >= 15 is 0 Å². The molecule has 2 aromatic heterocycles. The molecule has 1 aliphatic rings. The van der Waals surface area contributed by atoms with E-state index in [1.54, 1.807) is 22.9 Å². The van der Waals surface area contributed by atoms with Gasteiger partial charge in [0.15, 0.2) is 0 Å². The highest BCUT2D eigenvalue weighted by Gasteiger charge is 2.33. The van der Waals surface area contributed by atoms with Gasteiger partial charge in [0.05, 0.1) is 30.2 Å². The summed E-state index contributed by atoms with van der Waals surface area (Å²) in [7, 11) is 0. The fourth-order valence-corrected chi connectivity index (χ4v) is 4.19. The first kappa shape index (κ1) is 20.5. The molecule has 3 heterocycles. The average Bonchev–Trinajstić information content (AvgIpc) is 3.11. The van der Waals surface area contributed by atoms with Crippen LogP contribution in [-0.2, 0) is 18.9 Å². The van der Waals surface area contributed by atoms with E-state index < -0.39 is 17.5 Å². The Labute approximate surface area is 176 Å². The third-order valence-electron chi connectivity index (χ3n) is 5.55. The molecule has 4 rings (SSSR count). The predicted molar refractivity (Wildman–Crippen MR) is 109 cm³/mol. The van der Waals surface area contributed by atoms with Crippen molar-refractivity contribution in [2.75, 3.05) is 4.90 Å². The molecule has 0 fully saturated rings. The number of nitrogens with one attached hydrogen (secondary N) is 1. The molecule has 30 heavy (non-hydrogen) atoms. The van der Waals surface area contributed by atoms with Crippen LogP contribution in [0.5, 0.6) is 0 Å². The standard InChI is InChI=1S/C20H21ClF2N6O/c1-11-8-16-15(10-28(11)17-9-24-26-19(30)18(17)21)25-27-29(16)12(2)13-6-4-5-7-14(13)20(3,22)23/h4-7,9,11-12H,8,10H2,1-3H3,(H,26,30)/t11-,12-/m1/s1. The lowest BCUT2D eigenvalue weighted by Crippen LogP contribution is -2.40. The molecule has 7 nitrogen and oxygen atoms in total. The number of aromatic nitrogens is 5. The van der Waals surface area contributed by atoms with E-state index in [0.717, 1.165) is 18.3 Å². The number of hydrogen-bond donors (Lipinski definition) is 1. The van der Waals surface area contributed by atoms with Crippen molar-refractivity contribution >= 4 is 17.3 Å². The largest absolute Gasteiger partial charge is 0.360 e. The molecular formula is C20H21ClF2N6O. The van der Waals surface area contributed by atoms with Crippen LogP contribution in [0.25, 0.3) is 0 Å². The number of fused-ring (bicyclic) bond motifs is 1. The summed E-state index contributed by atoms with van der Waals surface area (Å²) in [6.45, 7) is 5.12. The van der Waals surface area contributed by atoms with Crippen LogP contribution >= 0.6 is 11.6 Å². The van der Waals surface area contributed by atoms with Crippen LogP contribution < -0.4 is 10.5 Å². The number of anilines is 1. The molecular weight excluding hydrogens is 414 g/mol. The number of hydrogen-bond acceptors (Lipinski definition) is 5. The van der Waals surface area contributed by atoms with Crippen molar-refractivity contribution in [1.29, 1.82) is 0 Å². The summed E-state index contributed by atoms with van der Waals surface area (Å²) in [6.07, 6.45) is 2.08. The van der Waals surface area contributed by atoms with Crippen molar-refractivity contribution in [3.05, 3.63) is 68.4 Å². The topological polar surface area (TPSA) is 79.7 Å². The summed E-state index contributed by atoms with van der Waals surface area (Å²) in [5.41, 5.74) is 2.16. The van der Waals surface area contributed by atoms with Crippen molar-refractivity contribution < 1.29 is 8.78 Å². The highest BCUT2D eigenvalue weighted by atomic mass is 35.5. The molecule has 0 amide bonds. The molecule has 0 saturated heterocycles. The van der Waals surface area contributed by atoms with Gasteiger partial charge in [-0.25, -0.2) is 18.6 Å². The smallest absolute Gasteiger partial charge is 0.285 e. The van der Waals surface area contributed by atoms with Crippen LogP contribution in [0.2, 0.25) is 5.02 Å². The highest BCUT2D eigenvalue weighted by molar-refractivity contribution is 6.33. The quantitative estimate of drug-likeness (QED) is 0.677. The van der Waals surface area contributed by atoms with Gasteiger partial charge in [-0.15, -0.1) is 5.10 Å². The lowest BCUT2D eigenvalue weighted by Gasteiger charge is -2.35. The van der Waals surface area contributed by atoms with Gasteiger partial charge >= 0.3 is 0 Å². The van der Waals surface area contributed by atoms with Crippen molar-refractivity contribution in [3.8, 4) is 0 Å². The van der Waals surface area contributed by atoms with E-state index in [-0.39, 0.29) is 16.6 Å². The molecule has 1 aromatic carbocycles. The monoisotopic (exact) mass is 434 g/mol. The lowest BCUT2D eigenvalue weighted by atomic mass is 9.96. The second-order valence-electron chi connectivity index (χ2n) is 7.66. The van der Waals surface area contributed by atoms with E-state index in [4.69, 9.17) is 11.6 Å². The Morgan fingerprint density at radius 1 is 1.33 bits per heavy atom. The van der Waals surface area contributed by atoms with Crippen LogP contribution in [0.3, 0.4) is 0 Å². The van der Waals surface area contributed by atoms with Gasteiger partial charge in [0.25, 0.3) is 11.5 Å². The van der Waals surface area contributed by atoms with E-state index in [2.05, 4.69) is 20.5 Å². The van der Waals surface area contributed by atoms with Gasteiger partial charge in [-0.05, 0) is 19.4 Å². The number of aromatic amines is 1. The molecule has 0 saturated carbocycles. The van der Waals surface area contributed by atoms with Crippen molar-refractivity contribution in [2.24, 2.45) is 0 Å². The van der Waals surface area contributed by atoms with Gasteiger partial charge in [-0.3, -0.25) is 4.79 Å². The Hall–Kier alpha value is -2.81. The SMILES string of the molecule is C[C@@H]1Cc2c(nnn2[C@H](C)c2ccccc2C(C)(F)F)CN1c1cn[nH]c(=O)c1Cl. The molecule has 1 aliphatic heterocycles. The second-order valence-corrected chi connectivity index (χ2v) is 8.04. The number of alkyl halides is 2. The Bertz CT molecular complexity index is 1140. The maximum Gasteiger partial charge on any atom is 0.285 e. The molecule has 0 spiro atoms. The van der Waals surface area contributed by atoms with E-state index in [0.29, 0.717) is 24.2 Å². The summed E-state index contributed by atoms with van der Waals surface area (Å²) < 4.78 is 30.0. The maximum atomic E-state index is 14.1. The maximum absolute atomic E-state index is 14.1. The van der Waals surface area contributed by atoms with E-state index in [1.165, 1.54) is 12.3 Å². The van der Waals surface area contributed by atoms with Gasteiger partial charge in [-0.1, -0.05) is 41.1 Å². The average molecular weight is 435 g/mol. The highest BCUT2D eigenvalue weighted by Crippen LogP contribution is 2.36. The third-order valence-corrected chi connectivity index (χ3v) is 5.91. The number of rotatable bonds is 4. The summed E-state index contributed by atoms with van der Waals surface area (Å²) in [4.78, 5) is 13.8. The van der Waals surface area contributed by atoms with Gasteiger partial charge < -0.3 is 4.90 Å². The second kappa shape index (κ2) is 7.46. The molecule has 2 atom stereocenters. The van der Waals surface area contributed by atoms with Crippen LogP contribution in [0.15, 0.2) is 35.3 Å². The minimum absolute atomic E-state index is 0.0198. The Balaban J connectivity index is 1.70. The zero-order valence-electron chi connectivity index (χ0n) is 16.7. The first-order valence-electron chi connectivity index (χ1n) is 9.58. The first-order chi connectivity index (χ1) is 14.2. The fraction of sp³-hybridized carbons (Fsp3) is 0.400. The Kier molecular flexibility index (Phi) is 5.09. The summed E-state index contributed by atoms with van der Waals surface area (Å²) in [6, 6.07) is 6.07.